The molecule has 0 radical (unpaired) electrons. The summed E-state index contributed by atoms with van der Waals surface area (Å²) in [6, 6.07) is 9.79. The SMILES string of the molecule is CCCCCCCCCOc1ccc(-c2ncc(C#N)cn2)cc1. The quantitative estimate of drug-likeness (QED) is 0.568. The fourth-order valence-electron chi connectivity index (χ4n) is 2.48. The van der Waals surface area contributed by atoms with E-state index >= 15 is 0 Å². The van der Waals surface area contributed by atoms with Gasteiger partial charge in [-0.2, -0.15) is 5.26 Å². The zero-order valence-corrected chi connectivity index (χ0v) is 14.4. The predicted molar refractivity (Wildman–Crippen MR) is 95.7 cm³/mol. The Bertz CT molecular complexity index is 629. The molecule has 1 heterocycles. The molecular weight excluding hydrogens is 298 g/mol. The van der Waals surface area contributed by atoms with Crippen LogP contribution in [0.15, 0.2) is 36.7 Å². The molecule has 0 amide bonds. The zero-order valence-electron chi connectivity index (χ0n) is 14.4. The monoisotopic (exact) mass is 323 g/mol. The lowest BCUT2D eigenvalue weighted by atomic mass is 10.1. The van der Waals surface area contributed by atoms with Crippen molar-refractivity contribution in [3.8, 4) is 23.2 Å². The highest BCUT2D eigenvalue weighted by Gasteiger charge is 2.02. The van der Waals surface area contributed by atoms with Crippen LogP contribution in [0, 0.1) is 11.3 Å². The van der Waals surface area contributed by atoms with Crippen molar-refractivity contribution < 1.29 is 4.74 Å². The molecule has 0 unspecified atom stereocenters. The minimum Gasteiger partial charge on any atom is -0.494 e. The third kappa shape index (κ3) is 6.00. The van der Waals surface area contributed by atoms with E-state index < -0.39 is 0 Å². The minimum atomic E-state index is 0.466. The van der Waals surface area contributed by atoms with E-state index in [2.05, 4.69) is 16.9 Å². The fraction of sp³-hybridized carbons (Fsp3) is 0.450. The van der Waals surface area contributed by atoms with E-state index in [1.165, 1.54) is 50.9 Å². The summed E-state index contributed by atoms with van der Waals surface area (Å²) < 4.78 is 5.78. The highest BCUT2D eigenvalue weighted by molar-refractivity contribution is 5.56. The third-order valence-corrected chi connectivity index (χ3v) is 3.91. The summed E-state index contributed by atoms with van der Waals surface area (Å²) in [5, 5.41) is 8.76. The highest BCUT2D eigenvalue weighted by atomic mass is 16.5. The number of nitriles is 1. The topological polar surface area (TPSA) is 58.8 Å². The second-order valence-electron chi connectivity index (χ2n) is 5.90. The Morgan fingerprint density at radius 2 is 1.54 bits per heavy atom. The van der Waals surface area contributed by atoms with Crippen LogP contribution in [0.5, 0.6) is 5.75 Å². The summed E-state index contributed by atoms with van der Waals surface area (Å²) in [5.41, 5.74) is 1.39. The Hall–Kier alpha value is -2.41. The van der Waals surface area contributed by atoms with Crippen molar-refractivity contribution in [3.05, 3.63) is 42.2 Å². The first-order valence-corrected chi connectivity index (χ1v) is 8.79. The van der Waals surface area contributed by atoms with Crippen molar-refractivity contribution in [1.29, 1.82) is 5.26 Å². The maximum absolute atomic E-state index is 8.76. The number of ether oxygens (including phenoxy) is 1. The average Bonchev–Trinajstić information content (AvgIpc) is 2.64. The van der Waals surface area contributed by atoms with Crippen LogP contribution in [-0.4, -0.2) is 16.6 Å². The molecule has 2 rings (SSSR count). The van der Waals surface area contributed by atoms with Crippen LogP contribution in [0.4, 0.5) is 0 Å². The van der Waals surface area contributed by atoms with Gasteiger partial charge in [0.2, 0.25) is 0 Å². The molecule has 1 aromatic heterocycles. The molecule has 0 N–H and O–H groups in total. The highest BCUT2D eigenvalue weighted by Crippen LogP contribution is 2.19. The number of unbranched alkanes of at least 4 members (excludes halogenated alkanes) is 6. The standard InChI is InChI=1S/C20H25N3O/c1-2-3-4-5-6-7-8-13-24-19-11-9-18(10-12-19)20-22-15-17(14-21)16-23-20/h9-12,15-16H,2-8,13H2,1H3. The van der Waals surface area contributed by atoms with Crippen molar-refractivity contribution >= 4 is 0 Å². The first kappa shape index (κ1) is 17.9. The normalized spacial score (nSPS) is 10.3. The average molecular weight is 323 g/mol. The number of hydrogen-bond donors (Lipinski definition) is 0. The molecule has 126 valence electrons. The lowest BCUT2D eigenvalue weighted by molar-refractivity contribution is 0.304. The van der Waals surface area contributed by atoms with Crippen LogP contribution in [0.25, 0.3) is 11.4 Å². The van der Waals surface area contributed by atoms with E-state index in [4.69, 9.17) is 10.00 Å². The molecule has 4 nitrogen and oxygen atoms in total. The Kier molecular flexibility index (Phi) is 7.76. The minimum absolute atomic E-state index is 0.466. The van der Waals surface area contributed by atoms with Gasteiger partial charge in [-0.3, -0.25) is 0 Å². The molecular formula is C20H25N3O. The van der Waals surface area contributed by atoms with Crippen LogP contribution in [-0.2, 0) is 0 Å². The lowest BCUT2D eigenvalue weighted by Gasteiger charge is -2.07. The van der Waals surface area contributed by atoms with Gasteiger partial charge in [0.05, 0.1) is 12.2 Å². The summed E-state index contributed by atoms with van der Waals surface area (Å²) in [7, 11) is 0. The van der Waals surface area contributed by atoms with Crippen molar-refractivity contribution in [3.63, 3.8) is 0 Å². The maximum Gasteiger partial charge on any atom is 0.159 e. The molecule has 2 aromatic rings. The van der Waals surface area contributed by atoms with Crippen LogP contribution in [0.1, 0.15) is 57.4 Å². The van der Waals surface area contributed by atoms with Crippen LogP contribution in [0.2, 0.25) is 0 Å². The van der Waals surface area contributed by atoms with Gasteiger partial charge in [0.1, 0.15) is 11.8 Å². The molecule has 24 heavy (non-hydrogen) atoms. The zero-order chi connectivity index (χ0) is 17.0. The van der Waals surface area contributed by atoms with Gasteiger partial charge in [0, 0.05) is 18.0 Å². The van der Waals surface area contributed by atoms with Gasteiger partial charge >= 0.3 is 0 Å². The number of aromatic nitrogens is 2. The predicted octanol–water partition coefficient (Wildman–Crippen LogP) is 5.14. The molecule has 0 saturated heterocycles. The largest absolute Gasteiger partial charge is 0.494 e. The molecule has 4 heteroatoms. The van der Waals surface area contributed by atoms with Crippen LogP contribution in [0.3, 0.4) is 0 Å². The fourth-order valence-corrected chi connectivity index (χ4v) is 2.48. The molecule has 0 aliphatic carbocycles. The lowest BCUT2D eigenvalue weighted by Crippen LogP contribution is -1.97. The van der Waals surface area contributed by atoms with E-state index in [1.807, 2.05) is 30.3 Å². The first-order valence-electron chi connectivity index (χ1n) is 8.79. The van der Waals surface area contributed by atoms with E-state index in [9.17, 15) is 0 Å². The number of hydrogen-bond acceptors (Lipinski definition) is 4. The van der Waals surface area contributed by atoms with Crippen molar-refractivity contribution in [2.24, 2.45) is 0 Å². The summed E-state index contributed by atoms with van der Waals surface area (Å²) in [6.07, 6.45) is 12.1. The van der Waals surface area contributed by atoms with Gasteiger partial charge in [0.15, 0.2) is 5.82 Å². The summed E-state index contributed by atoms with van der Waals surface area (Å²) in [6.45, 7) is 3.01. The summed E-state index contributed by atoms with van der Waals surface area (Å²) in [4.78, 5) is 8.38. The maximum atomic E-state index is 8.76. The second-order valence-corrected chi connectivity index (χ2v) is 5.90. The van der Waals surface area contributed by atoms with Crippen molar-refractivity contribution in [1.82, 2.24) is 9.97 Å². The molecule has 0 atom stereocenters. The van der Waals surface area contributed by atoms with E-state index in [-0.39, 0.29) is 0 Å². The van der Waals surface area contributed by atoms with E-state index in [0.717, 1.165) is 24.3 Å². The molecule has 1 aromatic carbocycles. The van der Waals surface area contributed by atoms with Crippen molar-refractivity contribution in [2.75, 3.05) is 6.61 Å². The van der Waals surface area contributed by atoms with Crippen molar-refractivity contribution in [2.45, 2.75) is 51.9 Å². The summed E-state index contributed by atoms with van der Waals surface area (Å²) >= 11 is 0. The molecule has 0 bridgehead atoms. The smallest absolute Gasteiger partial charge is 0.159 e. The Balaban J connectivity index is 1.71. The van der Waals surface area contributed by atoms with Gasteiger partial charge in [-0.1, -0.05) is 45.4 Å². The molecule has 0 fully saturated rings. The molecule has 0 aliphatic rings. The molecule has 0 aliphatic heterocycles. The first-order chi connectivity index (χ1) is 11.8. The Morgan fingerprint density at radius 1 is 0.917 bits per heavy atom. The van der Waals surface area contributed by atoms with E-state index in [0.29, 0.717) is 11.4 Å². The Labute approximate surface area is 144 Å². The third-order valence-electron chi connectivity index (χ3n) is 3.91. The van der Waals surface area contributed by atoms with Crippen LogP contribution < -0.4 is 4.74 Å². The number of nitrogens with zero attached hydrogens (tertiary/aromatic N) is 3. The second kappa shape index (κ2) is 10.4. The van der Waals surface area contributed by atoms with Gasteiger partial charge in [0.25, 0.3) is 0 Å². The number of benzene rings is 1. The van der Waals surface area contributed by atoms with E-state index in [1.54, 1.807) is 0 Å². The van der Waals surface area contributed by atoms with Crippen LogP contribution >= 0.6 is 0 Å². The van der Waals surface area contributed by atoms with Gasteiger partial charge in [-0.05, 0) is 30.7 Å². The van der Waals surface area contributed by atoms with Gasteiger partial charge < -0.3 is 4.74 Å². The number of rotatable bonds is 10. The van der Waals surface area contributed by atoms with Gasteiger partial charge in [-0.25, -0.2) is 9.97 Å². The van der Waals surface area contributed by atoms with Gasteiger partial charge in [-0.15, -0.1) is 0 Å². The summed E-state index contributed by atoms with van der Waals surface area (Å²) in [5.74, 6) is 1.49. The molecule has 0 saturated carbocycles. The Morgan fingerprint density at radius 3 is 2.17 bits per heavy atom. The molecule has 0 spiro atoms.